The van der Waals surface area contributed by atoms with Crippen molar-refractivity contribution < 1.29 is 19.4 Å². The summed E-state index contributed by atoms with van der Waals surface area (Å²) in [4.78, 5) is 26.2. The van der Waals surface area contributed by atoms with Gasteiger partial charge in [-0.1, -0.05) is 35.9 Å². The molecule has 0 radical (unpaired) electrons. The van der Waals surface area contributed by atoms with Gasteiger partial charge in [0.1, 0.15) is 6.10 Å². The predicted molar refractivity (Wildman–Crippen MR) is 128 cm³/mol. The third-order valence-electron chi connectivity index (χ3n) is 7.89. The first-order valence-electron chi connectivity index (χ1n) is 11.9. The smallest absolute Gasteiger partial charge is 0.335 e. The van der Waals surface area contributed by atoms with Crippen LogP contribution in [0.25, 0.3) is 11.1 Å². The normalized spacial score (nSPS) is 25.9. The van der Waals surface area contributed by atoms with Crippen molar-refractivity contribution in [3.8, 4) is 11.1 Å². The number of carboxylic acid groups (broad SMARTS) is 1. The van der Waals surface area contributed by atoms with Crippen molar-refractivity contribution in [2.75, 3.05) is 13.1 Å². The van der Waals surface area contributed by atoms with Crippen LogP contribution in [0.4, 0.5) is 0 Å². The van der Waals surface area contributed by atoms with Crippen LogP contribution in [0, 0.1) is 12.3 Å². The fraction of sp³-hybridized carbons (Fsp3) is 0.481. The van der Waals surface area contributed by atoms with E-state index in [4.69, 9.17) is 16.3 Å². The molecule has 3 aliphatic rings. The summed E-state index contributed by atoms with van der Waals surface area (Å²) < 4.78 is 5.78. The van der Waals surface area contributed by atoms with Crippen LogP contribution < -0.4 is 0 Å². The molecule has 6 heteroatoms. The fourth-order valence-corrected chi connectivity index (χ4v) is 5.95. The van der Waals surface area contributed by atoms with Gasteiger partial charge in [-0.2, -0.15) is 0 Å². The van der Waals surface area contributed by atoms with Gasteiger partial charge in [0.05, 0.1) is 16.7 Å². The van der Waals surface area contributed by atoms with Crippen molar-refractivity contribution in [1.29, 1.82) is 0 Å². The van der Waals surface area contributed by atoms with Crippen molar-refractivity contribution in [1.82, 2.24) is 4.90 Å². The molecule has 1 spiro atoms. The SMILES string of the molecule is Cc1cc(C(=O)O)cc(-c2ccc([C@H]3CC34CCN(C(=O)[C@H]3CCC(C)O3)CC4)cc2)c1Cl. The van der Waals surface area contributed by atoms with E-state index in [9.17, 15) is 14.7 Å². The molecule has 2 aliphatic heterocycles. The molecule has 2 heterocycles. The molecule has 1 amide bonds. The fourth-order valence-electron chi connectivity index (χ4n) is 5.73. The quantitative estimate of drug-likeness (QED) is 0.628. The van der Waals surface area contributed by atoms with Crippen LogP contribution in [0.5, 0.6) is 0 Å². The highest BCUT2D eigenvalue weighted by Gasteiger charge is 2.55. The highest BCUT2D eigenvalue weighted by atomic mass is 35.5. The highest BCUT2D eigenvalue weighted by molar-refractivity contribution is 6.34. The van der Waals surface area contributed by atoms with Crippen molar-refractivity contribution >= 4 is 23.5 Å². The van der Waals surface area contributed by atoms with Crippen LogP contribution in [0.2, 0.25) is 5.02 Å². The van der Waals surface area contributed by atoms with Crippen LogP contribution in [0.15, 0.2) is 36.4 Å². The summed E-state index contributed by atoms with van der Waals surface area (Å²) in [6, 6.07) is 11.6. The second kappa shape index (κ2) is 8.44. The average Bonchev–Trinajstić information content (AvgIpc) is 3.32. The summed E-state index contributed by atoms with van der Waals surface area (Å²) in [6.45, 7) is 5.50. The lowest BCUT2D eigenvalue weighted by atomic mass is 9.88. The molecular weight excluding hydrogens is 438 g/mol. The predicted octanol–water partition coefficient (Wildman–Crippen LogP) is 5.68. The molecular formula is C27H30ClNO4. The second-order valence-corrected chi connectivity index (χ2v) is 10.4. The van der Waals surface area contributed by atoms with Gasteiger partial charge in [0, 0.05) is 18.7 Å². The number of aryl methyl sites for hydroxylation is 1. The zero-order valence-electron chi connectivity index (χ0n) is 19.1. The maximum absolute atomic E-state index is 12.8. The van der Waals surface area contributed by atoms with Gasteiger partial charge in [-0.25, -0.2) is 4.79 Å². The number of piperidine rings is 1. The third-order valence-corrected chi connectivity index (χ3v) is 8.40. The lowest BCUT2D eigenvalue weighted by Gasteiger charge is -2.34. The minimum absolute atomic E-state index is 0.173. The molecule has 0 bridgehead atoms. The number of carbonyl (C=O) groups is 2. The Labute approximate surface area is 199 Å². The van der Waals surface area contributed by atoms with Gasteiger partial charge in [-0.05, 0) is 86.1 Å². The molecule has 2 saturated heterocycles. The standard InChI is InChI=1S/C27H30ClNO4/c1-16-13-20(26(31)32)14-21(24(16)28)18-4-6-19(7-5-18)22-15-27(22)9-11-29(12-10-27)25(30)23-8-3-17(2)33-23/h4-7,13-14,17,22-23H,3,8-12,15H2,1-2H3,(H,31,32)/t17?,22-,23-/m1/s1. The van der Waals surface area contributed by atoms with E-state index < -0.39 is 5.97 Å². The number of hydrogen-bond acceptors (Lipinski definition) is 3. The number of rotatable bonds is 4. The Morgan fingerprint density at radius 1 is 1.12 bits per heavy atom. The van der Waals surface area contributed by atoms with E-state index in [2.05, 4.69) is 12.1 Å². The van der Waals surface area contributed by atoms with Crippen LogP contribution in [-0.2, 0) is 9.53 Å². The minimum atomic E-state index is -0.952. The molecule has 1 N–H and O–H groups in total. The molecule has 1 saturated carbocycles. The number of carboxylic acids is 1. The van der Waals surface area contributed by atoms with E-state index >= 15 is 0 Å². The molecule has 3 atom stereocenters. The first kappa shape index (κ1) is 22.4. The molecule has 0 aromatic heterocycles. The molecule has 2 aromatic rings. The summed E-state index contributed by atoms with van der Waals surface area (Å²) >= 11 is 6.50. The van der Waals surface area contributed by atoms with E-state index in [-0.39, 0.29) is 23.7 Å². The zero-order valence-corrected chi connectivity index (χ0v) is 19.9. The topological polar surface area (TPSA) is 66.8 Å². The van der Waals surface area contributed by atoms with Gasteiger partial charge in [0.2, 0.25) is 0 Å². The maximum atomic E-state index is 12.8. The van der Waals surface area contributed by atoms with E-state index in [0.29, 0.717) is 16.4 Å². The molecule has 1 aliphatic carbocycles. The summed E-state index contributed by atoms with van der Waals surface area (Å²) in [6.07, 6.45) is 5.01. The van der Waals surface area contributed by atoms with E-state index in [1.54, 1.807) is 12.1 Å². The first-order chi connectivity index (χ1) is 15.8. The summed E-state index contributed by atoms with van der Waals surface area (Å²) in [7, 11) is 0. The Balaban J connectivity index is 1.25. The Hall–Kier alpha value is -2.37. The molecule has 174 valence electrons. The lowest BCUT2D eigenvalue weighted by Crippen LogP contribution is -2.44. The molecule has 2 aromatic carbocycles. The minimum Gasteiger partial charge on any atom is -0.478 e. The number of ether oxygens (including phenoxy) is 1. The number of carbonyl (C=O) groups excluding carboxylic acids is 1. The lowest BCUT2D eigenvalue weighted by molar-refractivity contribution is -0.144. The van der Waals surface area contributed by atoms with Crippen LogP contribution >= 0.6 is 11.6 Å². The molecule has 33 heavy (non-hydrogen) atoms. The number of halogens is 1. The summed E-state index contributed by atoms with van der Waals surface area (Å²) in [5.41, 5.74) is 4.30. The third kappa shape index (κ3) is 4.17. The Bertz CT molecular complexity index is 1090. The Morgan fingerprint density at radius 3 is 2.42 bits per heavy atom. The largest absolute Gasteiger partial charge is 0.478 e. The van der Waals surface area contributed by atoms with Crippen molar-refractivity contribution in [2.24, 2.45) is 5.41 Å². The van der Waals surface area contributed by atoms with Crippen LogP contribution in [-0.4, -0.2) is 47.2 Å². The van der Waals surface area contributed by atoms with Gasteiger partial charge in [0.15, 0.2) is 0 Å². The molecule has 1 unspecified atom stereocenters. The van der Waals surface area contributed by atoms with Crippen LogP contribution in [0.1, 0.15) is 66.4 Å². The number of aromatic carboxylic acids is 1. The number of hydrogen-bond donors (Lipinski definition) is 1. The van der Waals surface area contributed by atoms with Crippen molar-refractivity contribution in [2.45, 2.75) is 64.1 Å². The van der Waals surface area contributed by atoms with Gasteiger partial charge in [0.25, 0.3) is 5.91 Å². The van der Waals surface area contributed by atoms with Crippen LogP contribution in [0.3, 0.4) is 0 Å². The Kier molecular flexibility index (Phi) is 5.74. The second-order valence-electron chi connectivity index (χ2n) is 10.0. The van der Waals surface area contributed by atoms with Gasteiger partial charge in [-0.3, -0.25) is 4.79 Å². The van der Waals surface area contributed by atoms with Gasteiger partial charge < -0.3 is 14.7 Å². The summed E-state index contributed by atoms with van der Waals surface area (Å²) in [5.74, 6) is -0.257. The van der Waals surface area contributed by atoms with Gasteiger partial charge >= 0.3 is 5.97 Å². The zero-order chi connectivity index (χ0) is 23.3. The number of amides is 1. The highest BCUT2D eigenvalue weighted by Crippen LogP contribution is 2.65. The van der Waals surface area contributed by atoms with Gasteiger partial charge in [-0.15, -0.1) is 0 Å². The number of likely N-dealkylation sites (tertiary alicyclic amines) is 1. The summed E-state index contributed by atoms with van der Waals surface area (Å²) in [5, 5.41) is 9.98. The van der Waals surface area contributed by atoms with Crippen molar-refractivity contribution in [3.05, 3.63) is 58.1 Å². The van der Waals surface area contributed by atoms with E-state index in [1.807, 2.05) is 30.9 Å². The first-order valence-corrected chi connectivity index (χ1v) is 12.2. The molecule has 5 nitrogen and oxygen atoms in total. The average molecular weight is 468 g/mol. The molecule has 5 rings (SSSR count). The van der Waals surface area contributed by atoms with E-state index in [0.717, 1.165) is 55.5 Å². The maximum Gasteiger partial charge on any atom is 0.335 e. The van der Waals surface area contributed by atoms with E-state index in [1.165, 1.54) is 12.0 Å². The number of nitrogens with zero attached hydrogens (tertiary/aromatic N) is 1. The Morgan fingerprint density at radius 2 is 1.82 bits per heavy atom. The molecule has 3 fully saturated rings. The van der Waals surface area contributed by atoms with Crippen molar-refractivity contribution in [3.63, 3.8) is 0 Å². The monoisotopic (exact) mass is 467 g/mol. The number of benzene rings is 2.